The third-order valence-corrected chi connectivity index (χ3v) is 4.85. The van der Waals surface area contributed by atoms with Crippen molar-refractivity contribution >= 4 is 28.2 Å². The van der Waals surface area contributed by atoms with Gasteiger partial charge in [-0.15, -0.1) is 11.3 Å². The van der Waals surface area contributed by atoms with Gasteiger partial charge in [-0.2, -0.15) is 13.2 Å². The Morgan fingerprint density at radius 1 is 1.30 bits per heavy atom. The van der Waals surface area contributed by atoms with Gasteiger partial charge in [-0.05, 0) is 17.7 Å². The van der Waals surface area contributed by atoms with Crippen LogP contribution in [0.15, 0.2) is 29.6 Å². The van der Waals surface area contributed by atoms with Crippen molar-refractivity contribution in [3.63, 3.8) is 0 Å². The Balaban J connectivity index is 1.55. The minimum absolute atomic E-state index is 0.0816. The van der Waals surface area contributed by atoms with Gasteiger partial charge in [-0.3, -0.25) is 5.32 Å². The first kappa shape index (κ1) is 19.4. The van der Waals surface area contributed by atoms with E-state index in [1.54, 1.807) is 7.05 Å². The largest absolute Gasteiger partial charge is 0.434 e. The number of hydrogen-bond acceptors (Lipinski definition) is 5. The minimum Gasteiger partial charge on any atom is -0.378 e. The molecule has 1 aliphatic rings. The summed E-state index contributed by atoms with van der Waals surface area (Å²) in [5.74, 6) is 0. The molecule has 0 bridgehead atoms. The summed E-state index contributed by atoms with van der Waals surface area (Å²) in [6.07, 6.45) is -4.52. The van der Waals surface area contributed by atoms with Crippen LogP contribution in [-0.2, 0) is 17.5 Å². The highest BCUT2D eigenvalue weighted by molar-refractivity contribution is 7.13. The third kappa shape index (κ3) is 5.10. The van der Waals surface area contributed by atoms with Crippen LogP contribution >= 0.6 is 11.3 Å². The zero-order chi connectivity index (χ0) is 19.4. The van der Waals surface area contributed by atoms with Crippen molar-refractivity contribution < 1.29 is 22.7 Å². The number of carbonyl (C=O) groups excluding carboxylic acids is 1. The summed E-state index contributed by atoms with van der Waals surface area (Å²) in [6.45, 7) is 3.42. The highest BCUT2D eigenvalue weighted by Gasteiger charge is 2.34. The Morgan fingerprint density at radius 3 is 2.56 bits per heavy atom. The number of morpholine rings is 1. The van der Waals surface area contributed by atoms with Gasteiger partial charge >= 0.3 is 12.2 Å². The van der Waals surface area contributed by atoms with E-state index in [2.05, 4.69) is 15.2 Å². The van der Waals surface area contributed by atoms with Gasteiger partial charge in [0.05, 0.1) is 13.2 Å². The van der Waals surface area contributed by atoms with Crippen LogP contribution in [0, 0.1) is 0 Å². The van der Waals surface area contributed by atoms with Gasteiger partial charge in [-0.1, -0.05) is 12.1 Å². The van der Waals surface area contributed by atoms with E-state index in [0.717, 1.165) is 41.1 Å². The molecule has 0 unspecified atom stereocenters. The molecule has 0 atom stereocenters. The highest BCUT2D eigenvalue weighted by Crippen LogP contribution is 2.31. The number of aromatic nitrogens is 1. The Hall–Kier alpha value is -2.33. The summed E-state index contributed by atoms with van der Waals surface area (Å²) in [5.41, 5.74) is 1.00. The molecule has 2 amide bonds. The Kier molecular flexibility index (Phi) is 5.85. The number of rotatable bonds is 4. The summed E-state index contributed by atoms with van der Waals surface area (Å²) < 4.78 is 43.0. The zero-order valence-corrected chi connectivity index (χ0v) is 15.4. The second kappa shape index (κ2) is 8.13. The number of hydrogen-bond donors (Lipinski definition) is 1. The van der Waals surface area contributed by atoms with Gasteiger partial charge < -0.3 is 14.5 Å². The zero-order valence-electron chi connectivity index (χ0n) is 14.6. The van der Waals surface area contributed by atoms with Crippen LogP contribution in [0.1, 0.15) is 11.3 Å². The maximum Gasteiger partial charge on any atom is 0.434 e. The molecule has 0 aliphatic carbocycles. The first-order valence-electron chi connectivity index (χ1n) is 8.29. The van der Waals surface area contributed by atoms with Crippen LogP contribution in [0.5, 0.6) is 0 Å². The number of halogens is 3. The van der Waals surface area contributed by atoms with Crippen LogP contribution in [0.3, 0.4) is 0 Å². The molecular formula is C17H19F3N4O2S. The van der Waals surface area contributed by atoms with Crippen molar-refractivity contribution in [2.75, 3.05) is 43.6 Å². The maximum atomic E-state index is 12.6. The molecule has 1 aromatic carbocycles. The second-order valence-corrected chi connectivity index (χ2v) is 6.95. The number of anilines is 2. The number of benzene rings is 1. The van der Waals surface area contributed by atoms with E-state index in [9.17, 15) is 18.0 Å². The van der Waals surface area contributed by atoms with Crippen molar-refractivity contribution in [2.45, 2.75) is 12.7 Å². The smallest absolute Gasteiger partial charge is 0.378 e. The molecule has 1 N–H and O–H groups in total. The molecule has 3 rings (SSSR count). The Bertz CT molecular complexity index is 773. The maximum absolute atomic E-state index is 12.6. The Morgan fingerprint density at radius 2 is 1.96 bits per heavy atom. The molecular weight excluding hydrogens is 381 g/mol. The van der Waals surface area contributed by atoms with Crippen molar-refractivity contribution in [1.29, 1.82) is 0 Å². The predicted molar refractivity (Wildman–Crippen MR) is 97.1 cm³/mol. The normalized spacial score (nSPS) is 14.9. The summed E-state index contributed by atoms with van der Waals surface area (Å²) in [4.78, 5) is 19.2. The molecule has 1 aromatic heterocycles. The lowest BCUT2D eigenvalue weighted by Crippen LogP contribution is -2.36. The number of alkyl halides is 3. The topological polar surface area (TPSA) is 57.7 Å². The average molecular weight is 400 g/mol. The molecule has 1 aliphatic heterocycles. The van der Waals surface area contributed by atoms with Crippen molar-refractivity contribution in [2.24, 2.45) is 0 Å². The lowest BCUT2D eigenvalue weighted by atomic mass is 10.2. The van der Waals surface area contributed by atoms with Crippen molar-refractivity contribution in [3.05, 3.63) is 40.9 Å². The number of nitrogens with zero attached hydrogens (tertiary/aromatic N) is 3. The quantitative estimate of drug-likeness (QED) is 0.851. The summed E-state index contributed by atoms with van der Waals surface area (Å²) >= 11 is 0.741. The molecule has 2 aromatic rings. The predicted octanol–water partition coefficient (Wildman–Crippen LogP) is 3.66. The van der Waals surface area contributed by atoms with E-state index in [0.29, 0.717) is 19.8 Å². The first-order valence-corrected chi connectivity index (χ1v) is 9.17. The molecule has 27 heavy (non-hydrogen) atoms. The van der Waals surface area contributed by atoms with Gasteiger partial charge in [0, 0.05) is 37.7 Å². The van der Waals surface area contributed by atoms with E-state index >= 15 is 0 Å². The van der Waals surface area contributed by atoms with Gasteiger partial charge in [0.1, 0.15) is 0 Å². The van der Waals surface area contributed by atoms with Gasteiger partial charge in [0.25, 0.3) is 0 Å². The molecule has 0 saturated carbocycles. The molecule has 0 spiro atoms. The number of thiazole rings is 1. The number of carbonyl (C=O) groups is 1. The van der Waals surface area contributed by atoms with Crippen LogP contribution in [0.4, 0.5) is 28.8 Å². The Labute approximate surface area is 158 Å². The fourth-order valence-corrected chi connectivity index (χ4v) is 3.33. The molecule has 10 heteroatoms. The second-order valence-electron chi connectivity index (χ2n) is 6.09. The number of ether oxygens (including phenoxy) is 1. The molecule has 1 fully saturated rings. The molecule has 1 saturated heterocycles. The van der Waals surface area contributed by atoms with Crippen molar-refractivity contribution in [1.82, 2.24) is 9.88 Å². The van der Waals surface area contributed by atoms with Crippen LogP contribution < -0.4 is 10.2 Å². The van der Waals surface area contributed by atoms with Crippen molar-refractivity contribution in [3.8, 4) is 0 Å². The van der Waals surface area contributed by atoms with Crippen LogP contribution in [0.25, 0.3) is 0 Å². The number of amides is 2. The molecule has 6 nitrogen and oxygen atoms in total. The van der Waals surface area contributed by atoms with Gasteiger partial charge in [0.2, 0.25) is 0 Å². The van der Waals surface area contributed by atoms with E-state index < -0.39 is 17.9 Å². The molecule has 146 valence electrons. The molecule has 2 heterocycles. The first-order chi connectivity index (χ1) is 12.8. The lowest BCUT2D eigenvalue weighted by Gasteiger charge is -2.29. The van der Waals surface area contributed by atoms with E-state index in [1.165, 1.54) is 4.90 Å². The fourth-order valence-electron chi connectivity index (χ4n) is 2.63. The van der Waals surface area contributed by atoms with E-state index in [4.69, 9.17) is 4.74 Å². The number of urea groups is 1. The van der Waals surface area contributed by atoms with E-state index in [1.807, 2.05) is 24.3 Å². The van der Waals surface area contributed by atoms with Crippen LogP contribution in [-0.4, -0.2) is 49.3 Å². The summed E-state index contributed by atoms with van der Waals surface area (Å²) in [5, 5.41) is 3.18. The number of nitrogens with one attached hydrogen (secondary N) is 1. The summed E-state index contributed by atoms with van der Waals surface area (Å²) in [7, 11) is 1.57. The molecule has 0 radical (unpaired) electrons. The van der Waals surface area contributed by atoms with Gasteiger partial charge in [-0.25, -0.2) is 9.78 Å². The highest BCUT2D eigenvalue weighted by atomic mass is 32.1. The van der Waals surface area contributed by atoms with Crippen LogP contribution in [0.2, 0.25) is 0 Å². The lowest BCUT2D eigenvalue weighted by molar-refractivity contribution is -0.140. The van der Waals surface area contributed by atoms with E-state index in [-0.39, 0.29) is 5.13 Å². The summed E-state index contributed by atoms with van der Waals surface area (Å²) in [6, 6.07) is 7.32. The SMILES string of the molecule is CN(Cc1ccc(N2CCOCC2)cc1)C(=O)Nc1nc(C(F)(F)F)cs1. The monoisotopic (exact) mass is 400 g/mol. The average Bonchev–Trinajstić information content (AvgIpc) is 3.12. The minimum atomic E-state index is -4.52. The van der Waals surface area contributed by atoms with Gasteiger partial charge in [0.15, 0.2) is 10.8 Å². The standard InChI is InChI=1S/C17H19F3N4O2S/c1-23(16(25)22-15-21-14(11-27-15)17(18,19)20)10-12-2-4-13(5-3-12)24-6-8-26-9-7-24/h2-5,11H,6-10H2,1H3,(H,21,22,25). The third-order valence-electron chi connectivity index (χ3n) is 4.09. The fraction of sp³-hybridized carbons (Fsp3) is 0.412.